The van der Waals surface area contributed by atoms with E-state index in [0.29, 0.717) is 5.54 Å². The summed E-state index contributed by atoms with van der Waals surface area (Å²) in [6.45, 7) is 12.0. The van der Waals surface area contributed by atoms with Crippen LogP contribution in [0.15, 0.2) is 0 Å². The molecule has 0 saturated carbocycles. The van der Waals surface area contributed by atoms with Gasteiger partial charge in [0.2, 0.25) is 0 Å². The average Bonchev–Trinajstić information content (AvgIpc) is 2.46. The Bertz CT molecular complexity index is 275. The van der Waals surface area contributed by atoms with Crippen LogP contribution >= 0.6 is 0 Å². The fourth-order valence-corrected chi connectivity index (χ4v) is 3.93. The molecule has 3 heteroatoms. The van der Waals surface area contributed by atoms with E-state index in [1.54, 1.807) is 0 Å². The minimum absolute atomic E-state index is 0.363. The first-order valence-corrected chi connectivity index (χ1v) is 8.33. The first-order chi connectivity index (χ1) is 9.14. The summed E-state index contributed by atoms with van der Waals surface area (Å²) in [7, 11) is 2.28. The van der Waals surface area contributed by atoms with Crippen LogP contribution in [-0.2, 0) is 0 Å². The summed E-state index contributed by atoms with van der Waals surface area (Å²) >= 11 is 0. The number of piperazine rings is 1. The largest absolute Gasteiger partial charge is 0.308 e. The third-order valence-corrected chi connectivity index (χ3v) is 5.56. The van der Waals surface area contributed by atoms with Crippen LogP contribution in [0.3, 0.4) is 0 Å². The summed E-state index contributed by atoms with van der Waals surface area (Å²) in [4.78, 5) is 5.36. The molecule has 2 saturated heterocycles. The molecule has 0 aromatic carbocycles. The molecule has 2 rings (SSSR count). The predicted octanol–water partition coefficient (Wildman–Crippen LogP) is 2.32. The summed E-state index contributed by atoms with van der Waals surface area (Å²) in [5.41, 5.74) is 0.363. The Morgan fingerprint density at radius 1 is 1.21 bits per heavy atom. The van der Waals surface area contributed by atoms with Gasteiger partial charge in [-0.15, -0.1) is 0 Å². The Balaban J connectivity index is 2.08. The van der Waals surface area contributed by atoms with Gasteiger partial charge in [-0.25, -0.2) is 0 Å². The molecule has 0 radical (unpaired) electrons. The number of nitrogens with zero attached hydrogens (tertiary/aromatic N) is 2. The van der Waals surface area contributed by atoms with Crippen LogP contribution in [0.4, 0.5) is 0 Å². The smallest absolute Gasteiger partial charge is 0.0304 e. The van der Waals surface area contributed by atoms with E-state index >= 15 is 0 Å². The van der Waals surface area contributed by atoms with Crippen molar-refractivity contribution in [3.63, 3.8) is 0 Å². The number of rotatable bonds is 4. The van der Waals surface area contributed by atoms with Gasteiger partial charge in [-0.3, -0.25) is 4.90 Å². The molecule has 2 fully saturated rings. The SMILES string of the molecule is CCC1CNC(CC)(CC)CN1C1CCCN(C)C1. The quantitative estimate of drug-likeness (QED) is 0.843. The molecular weight excluding hydrogens is 234 g/mol. The van der Waals surface area contributed by atoms with Crippen LogP contribution in [0.25, 0.3) is 0 Å². The van der Waals surface area contributed by atoms with Gasteiger partial charge in [0.15, 0.2) is 0 Å². The van der Waals surface area contributed by atoms with Crippen molar-refractivity contribution in [2.75, 3.05) is 33.2 Å². The van der Waals surface area contributed by atoms with Crippen LogP contribution in [0.5, 0.6) is 0 Å². The molecule has 0 aromatic rings. The summed E-state index contributed by atoms with van der Waals surface area (Å²) < 4.78 is 0. The minimum atomic E-state index is 0.363. The van der Waals surface area contributed by atoms with Crippen molar-refractivity contribution < 1.29 is 0 Å². The first kappa shape index (κ1) is 15.3. The van der Waals surface area contributed by atoms with Crippen molar-refractivity contribution in [2.24, 2.45) is 0 Å². The van der Waals surface area contributed by atoms with Gasteiger partial charge in [0.1, 0.15) is 0 Å². The Morgan fingerprint density at radius 2 is 1.95 bits per heavy atom. The van der Waals surface area contributed by atoms with Crippen molar-refractivity contribution >= 4 is 0 Å². The first-order valence-electron chi connectivity index (χ1n) is 8.33. The van der Waals surface area contributed by atoms with Gasteiger partial charge in [0.05, 0.1) is 0 Å². The molecule has 0 bridgehead atoms. The van der Waals surface area contributed by atoms with E-state index in [2.05, 4.69) is 42.9 Å². The summed E-state index contributed by atoms with van der Waals surface area (Å²) in [6, 6.07) is 1.52. The standard InChI is InChI=1S/C16H33N3/c1-5-14-11-17-16(6-2,7-3)13-19(14)15-9-8-10-18(4)12-15/h14-15,17H,5-13H2,1-4H3. The third kappa shape index (κ3) is 3.32. The highest BCUT2D eigenvalue weighted by Gasteiger charge is 2.39. The van der Waals surface area contributed by atoms with E-state index in [1.807, 2.05) is 0 Å². The second-order valence-electron chi connectivity index (χ2n) is 6.66. The lowest BCUT2D eigenvalue weighted by atomic mass is 9.86. The van der Waals surface area contributed by atoms with Crippen molar-refractivity contribution in [3.8, 4) is 0 Å². The van der Waals surface area contributed by atoms with E-state index in [-0.39, 0.29) is 0 Å². The van der Waals surface area contributed by atoms with Crippen LogP contribution in [0, 0.1) is 0 Å². The maximum absolute atomic E-state index is 3.86. The van der Waals surface area contributed by atoms with E-state index in [9.17, 15) is 0 Å². The zero-order valence-corrected chi connectivity index (χ0v) is 13.4. The predicted molar refractivity (Wildman–Crippen MR) is 82.6 cm³/mol. The average molecular weight is 267 g/mol. The molecular formula is C16H33N3. The van der Waals surface area contributed by atoms with Crippen LogP contribution in [0.2, 0.25) is 0 Å². The van der Waals surface area contributed by atoms with Crippen LogP contribution < -0.4 is 5.32 Å². The Hall–Kier alpha value is -0.120. The Labute approximate surface area is 119 Å². The van der Waals surface area contributed by atoms with Gasteiger partial charge < -0.3 is 10.2 Å². The maximum atomic E-state index is 3.86. The molecule has 2 atom stereocenters. The zero-order chi connectivity index (χ0) is 13.9. The lowest BCUT2D eigenvalue weighted by Gasteiger charge is -2.52. The fourth-order valence-electron chi connectivity index (χ4n) is 3.93. The van der Waals surface area contributed by atoms with Crippen LogP contribution in [0.1, 0.15) is 52.9 Å². The molecule has 2 unspecified atom stereocenters. The topological polar surface area (TPSA) is 18.5 Å². The van der Waals surface area contributed by atoms with Crippen molar-refractivity contribution in [3.05, 3.63) is 0 Å². The number of likely N-dealkylation sites (N-methyl/N-ethyl adjacent to an activating group) is 1. The highest BCUT2D eigenvalue weighted by molar-refractivity contribution is 4.99. The van der Waals surface area contributed by atoms with Gasteiger partial charge in [0.25, 0.3) is 0 Å². The van der Waals surface area contributed by atoms with Gasteiger partial charge >= 0.3 is 0 Å². The second-order valence-corrected chi connectivity index (χ2v) is 6.66. The molecule has 0 amide bonds. The molecule has 2 aliphatic heterocycles. The number of piperidine rings is 1. The molecule has 19 heavy (non-hydrogen) atoms. The zero-order valence-electron chi connectivity index (χ0n) is 13.4. The molecule has 112 valence electrons. The normalized spacial score (nSPS) is 33.5. The highest BCUT2D eigenvalue weighted by Crippen LogP contribution is 2.28. The maximum Gasteiger partial charge on any atom is 0.0304 e. The molecule has 0 aliphatic carbocycles. The van der Waals surface area contributed by atoms with Crippen molar-refractivity contribution in [2.45, 2.75) is 70.5 Å². The molecule has 2 aliphatic rings. The van der Waals surface area contributed by atoms with E-state index in [1.165, 1.54) is 58.3 Å². The minimum Gasteiger partial charge on any atom is -0.308 e. The summed E-state index contributed by atoms with van der Waals surface area (Å²) in [5.74, 6) is 0. The van der Waals surface area contributed by atoms with Crippen LogP contribution in [-0.4, -0.2) is 60.6 Å². The van der Waals surface area contributed by atoms with Gasteiger partial charge in [-0.05, 0) is 45.7 Å². The number of hydrogen-bond donors (Lipinski definition) is 1. The fraction of sp³-hybridized carbons (Fsp3) is 1.00. The monoisotopic (exact) mass is 267 g/mol. The Kier molecular flexibility index (Phi) is 5.27. The van der Waals surface area contributed by atoms with Crippen molar-refractivity contribution in [1.29, 1.82) is 0 Å². The molecule has 0 spiro atoms. The second kappa shape index (κ2) is 6.55. The van der Waals surface area contributed by atoms with Crippen molar-refractivity contribution in [1.82, 2.24) is 15.1 Å². The van der Waals surface area contributed by atoms with E-state index in [4.69, 9.17) is 0 Å². The third-order valence-electron chi connectivity index (χ3n) is 5.56. The molecule has 2 heterocycles. The van der Waals surface area contributed by atoms with E-state index < -0.39 is 0 Å². The number of likely N-dealkylation sites (tertiary alicyclic amines) is 1. The molecule has 3 nitrogen and oxygen atoms in total. The summed E-state index contributed by atoms with van der Waals surface area (Å²) in [5, 5.41) is 3.86. The van der Waals surface area contributed by atoms with Gasteiger partial charge in [0, 0.05) is 37.3 Å². The van der Waals surface area contributed by atoms with E-state index in [0.717, 1.165) is 12.1 Å². The highest BCUT2D eigenvalue weighted by atomic mass is 15.3. The van der Waals surface area contributed by atoms with Gasteiger partial charge in [-0.2, -0.15) is 0 Å². The number of nitrogens with one attached hydrogen (secondary N) is 1. The summed E-state index contributed by atoms with van der Waals surface area (Å²) in [6.07, 6.45) is 6.53. The lowest BCUT2D eigenvalue weighted by Crippen LogP contribution is -2.67. The number of hydrogen-bond acceptors (Lipinski definition) is 3. The molecule has 1 N–H and O–H groups in total. The lowest BCUT2D eigenvalue weighted by molar-refractivity contribution is 0.00884. The Morgan fingerprint density at radius 3 is 2.53 bits per heavy atom. The van der Waals surface area contributed by atoms with Gasteiger partial charge in [-0.1, -0.05) is 20.8 Å². The molecule has 0 aromatic heterocycles.